The Labute approximate surface area is 113 Å². The van der Waals surface area contributed by atoms with Gasteiger partial charge in [0.2, 0.25) is 10.0 Å². The van der Waals surface area contributed by atoms with E-state index in [4.69, 9.17) is 0 Å². The second-order valence-electron chi connectivity index (χ2n) is 4.38. The van der Waals surface area contributed by atoms with Crippen LogP contribution >= 0.6 is 0 Å². The van der Waals surface area contributed by atoms with Crippen molar-refractivity contribution in [1.29, 1.82) is 0 Å². The summed E-state index contributed by atoms with van der Waals surface area (Å²) < 4.78 is 24.8. The molecule has 0 atom stereocenters. The van der Waals surface area contributed by atoms with Crippen molar-refractivity contribution in [3.05, 3.63) is 48.0 Å². The third kappa shape index (κ3) is 4.02. The molecule has 2 N–H and O–H groups in total. The topological polar surface area (TPSA) is 58.2 Å². The summed E-state index contributed by atoms with van der Waals surface area (Å²) in [6, 6.07) is 14.4. The summed E-state index contributed by atoms with van der Waals surface area (Å²) in [7, 11) is -1.69. The molecule has 0 aromatic heterocycles. The molecule has 5 heteroatoms. The highest BCUT2D eigenvalue weighted by molar-refractivity contribution is 7.89. The van der Waals surface area contributed by atoms with Crippen LogP contribution in [0.25, 0.3) is 10.8 Å². The van der Waals surface area contributed by atoms with Crippen LogP contribution in [-0.4, -0.2) is 27.8 Å². The molecule has 19 heavy (non-hydrogen) atoms. The maximum absolute atomic E-state index is 11.2. The molecular formula is C14H18N2O2S. The van der Waals surface area contributed by atoms with E-state index in [-0.39, 0.29) is 5.75 Å². The van der Waals surface area contributed by atoms with E-state index in [0.717, 1.165) is 5.56 Å². The predicted molar refractivity (Wildman–Crippen MR) is 78.5 cm³/mol. The van der Waals surface area contributed by atoms with Crippen molar-refractivity contribution < 1.29 is 8.42 Å². The Hall–Kier alpha value is -1.43. The van der Waals surface area contributed by atoms with Gasteiger partial charge in [-0.25, -0.2) is 13.1 Å². The van der Waals surface area contributed by atoms with E-state index in [2.05, 4.69) is 40.4 Å². The molecule has 0 unspecified atom stereocenters. The number of sulfonamides is 1. The van der Waals surface area contributed by atoms with E-state index >= 15 is 0 Å². The summed E-state index contributed by atoms with van der Waals surface area (Å²) in [5, 5.41) is 5.55. The minimum absolute atomic E-state index is 0.0943. The first-order chi connectivity index (χ1) is 9.11. The van der Waals surface area contributed by atoms with Gasteiger partial charge in [-0.15, -0.1) is 0 Å². The molecule has 0 saturated heterocycles. The quantitative estimate of drug-likeness (QED) is 0.787. The van der Waals surface area contributed by atoms with Gasteiger partial charge in [0, 0.05) is 13.1 Å². The minimum atomic E-state index is -3.12. The Balaban J connectivity index is 1.91. The fourth-order valence-corrected chi connectivity index (χ4v) is 2.51. The first-order valence-electron chi connectivity index (χ1n) is 6.20. The average Bonchev–Trinajstić information content (AvgIpc) is 2.43. The van der Waals surface area contributed by atoms with E-state index in [1.165, 1.54) is 17.8 Å². The molecule has 0 aliphatic rings. The third-order valence-electron chi connectivity index (χ3n) is 3.00. The Morgan fingerprint density at radius 3 is 2.53 bits per heavy atom. The normalized spacial score (nSPS) is 11.8. The van der Waals surface area contributed by atoms with E-state index in [0.29, 0.717) is 13.1 Å². The summed E-state index contributed by atoms with van der Waals surface area (Å²) >= 11 is 0. The van der Waals surface area contributed by atoms with E-state index < -0.39 is 10.0 Å². The maximum Gasteiger partial charge on any atom is 0.212 e. The monoisotopic (exact) mass is 278 g/mol. The molecule has 4 nitrogen and oxygen atoms in total. The molecule has 0 fully saturated rings. The zero-order chi connectivity index (χ0) is 13.7. The maximum atomic E-state index is 11.2. The van der Waals surface area contributed by atoms with Crippen molar-refractivity contribution in [2.45, 2.75) is 6.54 Å². The van der Waals surface area contributed by atoms with Crippen LogP contribution in [-0.2, 0) is 16.6 Å². The number of fused-ring (bicyclic) bond motifs is 1. The zero-order valence-corrected chi connectivity index (χ0v) is 11.7. The molecule has 2 aromatic rings. The van der Waals surface area contributed by atoms with Crippen molar-refractivity contribution in [1.82, 2.24) is 10.0 Å². The second kappa shape index (κ2) is 6.14. The Kier molecular flexibility index (Phi) is 4.52. The lowest BCUT2D eigenvalue weighted by molar-refractivity contribution is 0.583. The van der Waals surface area contributed by atoms with Crippen LogP contribution in [0, 0.1) is 0 Å². The molecule has 0 bridgehead atoms. The molecule has 0 radical (unpaired) electrons. The van der Waals surface area contributed by atoms with Crippen LogP contribution < -0.4 is 10.0 Å². The molecule has 0 heterocycles. The van der Waals surface area contributed by atoms with Crippen LogP contribution in [0.4, 0.5) is 0 Å². The van der Waals surface area contributed by atoms with Gasteiger partial charge in [-0.3, -0.25) is 0 Å². The largest absolute Gasteiger partial charge is 0.312 e. The van der Waals surface area contributed by atoms with Crippen LogP contribution in [0.2, 0.25) is 0 Å². The lowest BCUT2D eigenvalue weighted by atomic mass is 10.1. The highest BCUT2D eigenvalue weighted by Crippen LogP contribution is 2.15. The van der Waals surface area contributed by atoms with Gasteiger partial charge in [-0.1, -0.05) is 36.4 Å². The summed E-state index contributed by atoms with van der Waals surface area (Å²) in [4.78, 5) is 0. The van der Waals surface area contributed by atoms with E-state index in [9.17, 15) is 8.42 Å². The molecule has 0 aliphatic carbocycles. The summed E-state index contributed by atoms with van der Waals surface area (Å²) in [6.07, 6.45) is 0. The summed E-state index contributed by atoms with van der Waals surface area (Å²) in [5.74, 6) is 0.0943. The first-order valence-corrected chi connectivity index (χ1v) is 7.85. The SMILES string of the molecule is CNS(=O)(=O)CCNCc1ccc2ccccc2c1. The Morgan fingerprint density at radius 2 is 1.79 bits per heavy atom. The van der Waals surface area contributed by atoms with Gasteiger partial charge in [0.25, 0.3) is 0 Å². The van der Waals surface area contributed by atoms with E-state index in [1.807, 2.05) is 12.1 Å². The predicted octanol–water partition coefficient (Wildman–Crippen LogP) is 1.48. The van der Waals surface area contributed by atoms with Crippen molar-refractivity contribution in [2.75, 3.05) is 19.3 Å². The molecular weight excluding hydrogens is 260 g/mol. The third-order valence-corrected chi connectivity index (χ3v) is 4.37. The second-order valence-corrected chi connectivity index (χ2v) is 6.43. The standard InChI is InChI=1S/C14H18N2O2S/c1-15-19(17,18)9-8-16-11-12-6-7-13-4-2-3-5-14(13)10-12/h2-7,10,15-16H,8-9,11H2,1H3. The van der Waals surface area contributed by atoms with Crippen LogP contribution in [0.1, 0.15) is 5.56 Å². The van der Waals surface area contributed by atoms with Crippen molar-refractivity contribution in [3.8, 4) is 0 Å². The molecule has 0 spiro atoms. The van der Waals surface area contributed by atoms with Gasteiger partial charge < -0.3 is 5.32 Å². The lowest BCUT2D eigenvalue weighted by Gasteiger charge is -2.06. The van der Waals surface area contributed by atoms with Crippen LogP contribution in [0.5, 0.6) is 0 Å². The highest BCUT2D eigenvalue weighted by atomic mass is 32.2. The van der Waals surface area contributed by atoms with Gasteiger partial charge in [-0.05, 0) is 29.4 Å². The number of nitrogens with one attached hydrogen (secondary N) is 2. The molecule has 102 valence electrons. The van der Waals surface area contributed by atoms with Gasteiger partial charge in [0.15, 0.2) is 0 Å². The van der Waals surface area contributed by atoms with Crippen molar-refractivity contribution in [2.24, 2.45) is 0 Å². The van der Waals surface area contributed by atoms with Crippen LogP contribution in [0.3, 0.4) is 0 Å². The number of hydrogen-bond donors (Lipinski definition) is 2. The number of rotatable bonds is 6. The van der Waals surface area contributed by atoms with Gasteiger partial charge in [0.05, 0.1) is 5.75 Å². The van der Waals surface area contributed by atoms with Gasteiger partial charge in [-0.2, -0.15) is 0 Å². The minimum Gasteiger partial charge on any atom is -0.312 e. The molecule has 0 saturated carbocycles. The Morgan fingerprint density at radius 1 is 1.05 bits per heavy atom. The fraction of sp³-hybridized carbons (Fsp3) is 0.286. The number of hydrogen-bond acceptors (Lipinski definition) is 3. The lowest BCUT2D eigenvalue weighted by Crippen LogP contribution is -2.29. The Bertz CT molecular complexity index is 653. The molecule has 2 aromatic carbocycles. The first kappa shape index (κ1) is 14.0. The van der Waals surface area contributed by atoms with Crippen molar-refractivity contribution >= 4 is 20.8 Å². The average molecular weight is 278 g/mol. The van der Waals surface area contributed by atoms with Crippen molar-refractivity contribution in [3.63, 3.8) is 0 Å². The summed E-state index contributed by atoms with van der Waals surface area (Å²) in [6.45, 7) is 1.11. The highest BCUT2D eigenvalue weighted by Gasteiger charge is 2.05. The van der Waals surface area contributed by atoms with Gasteiger partial charge in [0.1, 0.15) is 0 Å². The molecule has 0 aliphatic heterocycles. The fourth-order valence-electron chi connectivity index (χ4n) is 1.89. The van der Waals surface area contributed by atoms with Gasteiger partial charge >= 0.3 is 0 Å². The molecule has 0 amide bonds. The van der Waals surface area contributed by atoms with Crippen LogP contribution in [0.15, 0.2) is 42.5 Å². The zero-order valence-electron chi connectivity index (χ0n) is 10.9. The number of benzene rings is 2. The van der Waals surface area contributed by atoms with E-state index in [1.54, 1.807) is 0 Å². The molecule has 2 rings (SSSR count). The summed E-state index contributed by atoms with van der Waals surface area (Å²) in [5.41, 5.74) is 1.15. The smallest absolute Gasteiger partial charge is 0.212 e.